The Morgan fingerprint density at radius 1 is 1.12 bits per heavy atom. The van der Waals surface area contributed by atoms with Crippen molar-refractivity contribution in [2.45, 2.75) is 57.9 Å². The van der Waals surface area contributed by atoms with Crippen molar-refractivity contribution in [3.05, 3.63) is 65.2 Å². The third kappa shape index (κ3) is 8.08. The van der Waals surface area contributed by atoms with Gasteiger partial charge in [-0.15, -0.1) is 0 Å². The summed E-state index contributed by atoms with van der Waals surface area (Å²) in [5.41, 5.74) is 4.36. The molecule has 176 valence electrons. The maximum Gasteiger partial charge on any atom is 1.00 e. The second-order valence-electron chi connectivity index (χ2n) is 8.89. The van der Waals surface area contributed by atoms with Crippen molar-refractivity contribution in [1.82, 2.24) is 5.32 Å². The smallest absolute Gasteiger partial charge is 0.548 e. The summed E-state index contributed by atoms with van der Waals surface area (Å²) >= 11 is 1.54. The number of amides is 1. The molecule has 0 radical (unpaired) electrons. The van der Waals surface area contributed by atoms with Crippen molar-refractivity contribution >= 4 is 29.7 Å². The van der Waals surface area contributed by atoms with Crippen molar-refractivity contribution in [3.8, 4) is 11.1 Å². The Bertz CT molecular complexity index is 985. The van der Waals surface area contributed by atoms with E-state index < -0.39 is 12.0 Å². The minimum absolute atomic E-state index is 0. The van der Waals surface area contributed by atoms with E-state index in [4.69, 9.17) is 0 Å². The van der Waals surface area contributed by atoms with E-state index in [2.05, 4.69) is 17.5 Å². The van der Waals surface area contributed by atoms with E-state index >= 15 is 0 Å². The Hall–Kier alpha value is -1.93. The number of aryl methyl sites for hydroxylation is 1. The van der Waals surface area contributed by atoms with E-state index in [9.17, 15) is 14.7 Å². The molecule has 0 saturated heterocycles. The molecular weight excluding hydrogens is 437 g/mol. The summed E-state index contributed by atoms with van der Waals surface area (Å²) in [6.07, 6.45) is 14.4. The zero-order chi connectivity index (χ0) is 23.6. The molecule has 0 spiro atoms. The van der Waals surface area contributed by atoms with Crippen LogP contribution in [0.25, 0.3) is 17.2 Å². The number of thioether (sulfide) groups is 1. The van der Waals surface area contributed by atoms with Crippen LogP contribution in [0.1, 0.15) is 66.4 Å². The van der Waals surface area contributed by atoms with Crippen LogP contribution in [0.15, 0.2) is 48.5 Å². The molecule has 1 N–H and O–H groups in total. The average Bonchev–Trinajstić information content (AvgIpc) is 2.82. The minimum Gasteiger partial charge on any atom is -0.548 e. The van der Waals surface area contributed by atoms with Crippen LogP contribution in [0.5, 0.6) is 0 Å². The molecule has 2 aromatic carbocycles. The van der Waals surface area contributed by atoms with Crippen LogP contribution in [0.2, 0.25) is 0 Å². The van der Waals surface area contributed by atoms with E-state index in [1.54, 1.807) is 17.8 Å². The van der Waals surface area contributed by atoms with Crippen molar-refractivity contribution in [3.63, 3.8) is 0 Å². The maximum absolute atomic E-state index is 13.1. The number of carboxylic acid groups (broad SMARTS) is 1. The van der Waals surface area contributed by atoms with Crippen LogP contribution in [0.3, 0.4) is 0 Å². The Morgan fingerprint density at radius 2 is 1.85 bits per heavy atom. The molecule has 34 heavy (non-hydrogen) atoms. The Labute approximate surface area is 220 Å². The molecule has 3 rings (SSSR count). The molecule has 4 nitrogen and oxygen atoms in total. The molecule has 0 aliphatic heterocycles. The molecule has 1 atom stereocenters. The molecule has 1 amide bonds. The van der Waals surface area contributed by atoms with Gasteiger partial charge < -0.3 is 15.2 Å². The Morgan fingerprint density at radius 3 is 2.53 bits per heavy atom. The van der Waals surface area contributed by atoms with Gasteiger partial charge in [0.1, 0.15) is 0 Å². The monoisotopic (exact) mass is 471 g/mol. The fourth-order valence-electron chi connectivity index (χ4n) is 4.50. The number of aliphatic carboxylic acids is 1. The average molecular weight is 472 g/mol. The zero-order valence-electron chi connectivity index (χ0n) is 20.6. The van der Waals surface area contributed by atoms with E-state index in [0.717, 1.165) is 34.6 Å². The first-order chi connectivity index (χ1) is 16.0. The Kier molecular flexibility index (Phi) is 12.0. The quantitative estimate of drug-likeness (QED) is 0.540. The van der Waals surface area contributed by atoms with Gasteiger partial charge in [-0.1, -0.05) is 74.6 Å². The normalized spacial score (nSPS) is 15.0. The maximum atomic E-state index is 13.1. The predicted molar refractivity (Wildman–Crippen MR) is 136 cm³/mol. The number of carbonyl (C=O) groups excluding carboxylic acids is 2. The van der Waals surface area contributed by atoms with Crippen LogP contribution < -0.4 is 29.3 Å². The molecule has 0 unspecified atom stereocenters. The topological polar surface area (TPSA) is 69.2 Å². The number of hydrogen-bond acceptors (Lipinski definition) is 4. The summed E-state index contributed by atoms with van der Waals surface area (Å²) < 4.78 is 0. The summed E-state index contributed by atoms with van der Waals surface area (Å²) in [5.74, 6) is -0.231. The molecule has 1 aliphatic carbocycles. The number of rotatable bonds is 10. The van der Waals surface area contributed by atoms with E-state index in [0.29, 0.717) is 17.7 Å². The summed E-state index contributed by atoms with van der Waals surface area (Å²) in [7, 11) is 0. The standard InChI is InChI=1S/C28H35NO3S.Li/c1-20-9-6-7-14-23(20)25-19-22(13-8-12-21-10-4-3-5-11-21)15-16-24(25)27(30)29-26(28(31)32)17-18-33-2;/h6-9,13-16,19,21,26H,3-5,10-12,17-18H2,1-2H3,(H,29,30)(H,31,32);/q;+1/p-1/t26-;/m0./s1. The van der Waals surface area contributed by atoms with Crippen molar-refractivity contribution in [2.75, 3.05) is 12.0 Å². The van der Waals surface area contributed by atoms with Gasteiger partial charge in [-0.3, -0.25) is 4.79 Å². The first kappa shape index (κ1) is 28.3. The fraction of sp³-hybridized carbons (Fsp3) is 0.429. The molecule has 1 saturated carbocycles. The fourth-order valence-corrected chi connectivity index (χ4v) is 4.97. The molecule has 0 bridgehead atoms. The number of carbonyl (C=O) groups is 2. The van der Waals surface area contributed by atoms with Gasteiger partial charge in [-0.25, -0.2) is 0 Å². The number of allylic oxidation sites excluding steroid dienone is 1. The largest absolute Gasteiger partial charge is 1.00 e. The van der Waals surface area contributed by atoms with Crippen molar-refractivity contribution in [2.24, 2.45) is 5.92 Å². The first-order valence-electron chi connectivity index (χ1n) is 11.9. The van der Waals surface area contributed by atoms with Crippen molar-refractivity contribution < 1.29 is 33.6 Å². The van der Waals surface area contributed by atoms with Crippen LogP contribution in [0.4, 0.5) is 0 Å². The third-order valence-corrected chi connectivity index (χ3v) is 7.07. The van der Waals surface area contributed by atoms with Crippen LogP contribution in [0, 0.1) is 12.8 Å². The second-order valence-corrected chi connectivity index (χ2v) is 9.87. The van der Waals surface area contributed by atoms with E-state index in [1.165, 1.54) is 32.1 Å². The van der Waals surface area contributed by atoms with E-state index in [-0.39, 0.29) is 24.8 Å². The molecule has 1 fully saturated rings. The van der Waals surface area contributed by atoms with Gasteiger partial charge in [0.2, 0.25) is 0 Å². The van der Waals surface area contributed by atoms with Gasteiger partial charge in [0, 0.05) is 5.56 Å². The van der Waals surface area contributed by atoms with Gasteiger partial charge in [-0.05, 0) is 72.1 Å². The molecule has 1 aliphatic rings. The van der Waals surface area contributed by atoms with Gasteiger partial charge in [-0.2, -0.15) is 11.8 Å². The van der Waals surface area contributed by atoms with Crippen LogP contribution >= 0.6 is 11.8 Å². The summed E-state index contributed by atoms with van der Waals surface area (Å²) in [5, 5.41) is 14.2. The van der Waals surface area contributed by atoms with Crippen LogP contribution in [-0.2, 0) is 4.79 Å². The van der Waals surface area contributed by atoms with Gasteiger partial charge in [0.15, 0.2) is 0 Å². The summed E-state index contributed by atoms with van der Waals surface area (Å²) in [6, 6.07) is 12.7. The second kappa shape index (κ2) is 14.5. The number of nitrogens with one attached hydrogen (secondary N) is 1. The summed E-state index contributed by atoms with van der Waals surface area (Å²) in [4.78, 5) is 24.7. The summed E-state index contributed by atoms with van der Waals surface area (Å²) in [6.45, 7) is 2.02. The van der Waals surface area contributed by atoms with E-state index in [1.807, 2.05) is 49.6 Å². The Balaban J connectivity index is 0.00000408. The number of benzene rings is 2. The first-order valence-corrected chi connectivity index (χ1v) is 13.3. The minimum atomic E-state index is -1.25. The zero-order valence-corrected chi connectivity index (χ0v) is 21.5. The molecule has 0 aromatic heterocycles. The van der Waals surface area contributed by atoms with Crippen molar-refractivity contribution in [1.29, 1.82) is 0 Å². The predicted octanol–water partition coefficient (Wildman–Crippen LogP) is 2.25. The molecule has 6 heteroatoms. The van der Waals surface area contributed by atoms with Gasteiger partial charge in [0.25, 0.3) is 5.91 Å². The number of carboxylic acids is 1. The van der Waals surface area contributed by atoms with Gasteiger partial charge in [0.05, 0.1) is 12.0 Å². The molecule has 2 aromatic rings. The molecular formula is C28H34LiNO3S. The molecule has 0 heterocycles. The van der Waals surface area contributed by atoms with Crippen LogP contribution in [-0.4, -0.2) is 29.9 Å². The third-order valence-electron chi connectivity index (χ3n) is 6.43. The van der Waals surface area contributed by atoms with Gasteiger partial charge >= 0.3 is 18.9 Å². The number of hydrogen-bond donors (Lipinski definition) is 1. The SMILES string of the molecule is CSCC[C@H](NC(=O)c1ccc(C=CCC2CCCCC2)cc1-c1ccccc1C)C(=O)[O-].[Li+].